The summed E-state index contributed by atoms with van der Waals surface area (Å²) < 4.78 is 30.0. The van der Waals surface area contributed by atoms with Crippen LogP contribution in [-0.4, -0.2) is 83.6 Å². The van der Waals surface area contributed by atoms with E-state index in [4.69, 9.17) is 0 Å². The SMILES string of the molecule is C=C[C@@H]1C[C@]1(CC(=O)[C@@H]1C[C@@]2(CN1C(=O)[C@@H](CC(=O)[C@@H](NC(=O)Cc1ccncc1)C1CCCCC1)C(C)(C)C)C(C)(C)C21CCC1)C(=O)NS(=O)(=O)N1CCCC1. The average Bonchev–Trinajstić information content (AvgIpc) is 3.62. The van der Waals surface area contributed by atoms with Crippen LogP contribution in [0.4, 0.5) is 0 Å². The summed E-state index contributed by atoms with van der Waals surface area (Å²) in [5.74, 6) is -2.75. The number of rotatable bonds is 15. The van der Waals surface area contributed by atoms with Crippen LogP contribution in [-0.2, 0) is 40.6 Å². The highest BCUT2D eigenvalue weighted by Gasteiger charge is 2.85. The van der Waals surface area contributed by atoms with Gasteiger partial charge in [-0.1, -0.05) is 66.4 Å². The molecule has 1 aromatic heterocycles. The predicted molar refractivity (Wildman–Crippen MR) is 220 cm³/mol. The van der Waals surface area contributed by atoms with Crippen molar-refractivity contribution < 1.29 is 32.4 Å². The van der Waals surface area contributed by atoms with Gasteiger partial charge in [0.25, 0.3) is 0 Å². The minimum atomic E-state index is -4.06. The van der Waals surface area contributed by atoms with Crippen LogP contribution < -0.4 is 10.0 Å². The number of carbonyl (C=O) groups excluding carboxylic acids is 5. The van der Waals surface area contributed by atoms with Crippen LogP contribution in [0.15, 0.2) is 37.2 Å². The van der Waals surface area contributed by atoms with Gasteiger partial charge in [0, 0.05) is 56.2 Å². The van der Waals surface area contributed by atoms with Gasteiger partial charge in [-0.3, -0.25) is 29.0 Å². The lowest BCUT2D eigenvalue weighted by atomic mass is 9.73. The van der Waals surface area contributed by atoms with E-state index in [9.17, 15) is 27.6 Å². The van der Waals surface area contributed by atoms with Crippen LogP contribution in [0.3, 0.4) is 0 Å². The fraction of sp³-hybridized carbons (Fsp3) is 0.733. The molecule has 0 unspecified atom stereocenters. The number of allylic oxidation sites excluding steroid dienone is 1. The van der Waals surface area contributed by atoms with Gasteiger partial charge in [0.15, 0.2) is 11.6 Å². The molecule has 6 atom stereocenters. The van der Waals surface area contributed by atoms with Crippen molar-refractivity contribution in [3.05, 3.63) is 42.7 Å². The Bertz CT molecular complexity index is 1910. The van der Waals surface area contributed by atoms with Gasteiger partial charge in [0.05, 0.1) is 23.9 Å². The van der Waals surface area contributed by atoms with E-state index in [2.05, 4.69) is 35.4 Å². The number of hydrogen-bond donors (Lipinski definition) is 2. The Morgan fingerprint density at radius 2 is 1.60 bits per heavy atom. The molecule has 318 valence electrons. The molecular formula is C45H65N5O7S. The maximum Gasteiger partial charge on any atom is 0.303 e. The minimum Gasteiger partial charge on any atom is -0.346 e. The molecule has 2 N–H and O–H groups in total. The second-order valence-corrected chi connectivity index (χ2v) is 22.0. The van der Waals surface area contributed by atoms with Crippen LogP contribution in [0, 0.1) is 44.8 Å². The number of nitrogens with one attached hydrogen (secondary N) is 2. The summed E-state index contributed by atoms with van der Waals surface area (Å²) in [5.41, 5.74) is -1.47. The number of likely N-dealkylation sites (tertiary alicyclic amines) is 1. The van der Waals surface area contributed by atoms with E-state index >= 15 is 4.79 Å². The van der Waals surface area contributed by atoms with E-state index < -0.39 is 44.9 Å². The van der Waals surface area contributed by atoms with Crippen LogP contribution in [0.25, 0.3) is 0 Å². The van der Waals surface area contributed by atoms with Crippen molar-refractivity contribution in [1.82, 2.24) is 24.2 Å². The molecule has 1 aromatic rings. The zero-order valence-electron chi connectivity index (χ0n) is 35.3. The van der Waals surface area contributed by atoms with E-state index in [0.29, 0.717) is 32.5 Å². The first kappa shape index (κ1) is 42.7. The summed E-state index contributed by atoms with van der Waals surface area (Å²) in [6.07, 6.45) is 14.8. The molecule has 4 saturated carbocycles. The van der Waals surface area contributed by atoms with Crippen molar-refractivity contribution in [2.24, 2.45) is 44.8 Å². The number of aromatic nitrogens is 1. The van der Waals surface area contributed by atoms with Gasteiger partial charge in [-0.15, -0.1) is 6.58 Å². The summed E-state index contributed by atoms with van der Waals surface area (Å²) in [7, 11) is -4.06. The van der Waals surface area contributed by atoms with E-state index in [1.165, 1.54) is 4.31 Å². The molecule has 2 saturated heterocycles. The smallest absolute Gasteiger partial charge is 0.303 e. The Kier molecular flexibility index (Phi) is 11.4. The number of Topliss-reactive ketones (excluding diaryl/α,β-unsaturated/α-hetero) is 2. The van der Waals surface area contributed by atoms with Crippen LogP contribution in [0.1, 0.15) is 130 Å². The summed E-state index contributed by atoms with van der Waals surface area (Å²) >= 11 is 0. The summed E-state index contributed by atoms with van der Waals surface area (Å²) in [5, 5.41) is 3.09. The maximum absolute atomic E-state index is 15.3. The van der Waals surface area contributed by atoms with Crippen molar-refractivity contribution in [3.63, 3.8) is 0 Å². The molecule has 3 heterocycles. The summed E-state index contributed by atoms with van der Waals surface area (Å²) in [6, 6.07) is 2.03. The Hall–Kier alpha value is -3.45. The highest BCUT2D eigenvalue weighted by Crippen LogP contribution is 2.88. The number of hydrogen-bond acceptors (Lipinski definition) is 8. The molecule has 0 radical (unpaired) electrons. The molecule has 2 aliphatic heterocycles. The molecule has 58 heavy (non-hydrogen) atoms. The molecule has 7 rings (SSSR count). The molecule has 4 aliphatic carbocycles. The second-order valence-electron chi connectivity index (χ2n) is 20.3. The number of carbonyl (C=O) groups is 5. The third-order valence-corrected chi connectivity index (χ3v) is 17.6. The lowest BCUT2D eigenvalue weighted by Crippen LogP contribution is -2.51. The molecule has 6 aliphatic rings. The molecule has 0 bridgehead atoms. The first-order chi connectivity index (χ1) is 27.3. The van der Waals surface area contributed by atoms with Crippen LogP contribution >= 0.6 is 0 Å². The van der Waals surface area contributed by atoms with Gasteiger partial charge in [-0.2, -0.15) is 12.7 Å². The molecule has 13 heteroatoms. The third kappa shape index (κ3) is 7.38. The van der Waals surface area contributed by atoms with E-state index in [-0.39, 0.29) is 70.7 Å². The van der Waals surface area contributed by atoms with Crippen molar-refractivity contribution >= 4 is 39.5 Å². The van der Waals surface area contributed by atoms with E-state index in [1.807, 2.05) is 20.8 Å². The quantitative estimate of drug-likeness (QED) is 0.213. The predicted octanol–water partition coefficient (Wildman–Crippen LogP) is 5.72. The fourth-order valence-electron chi connectivity index (χ4n) is 12.1. The number of fused-ring (bicyclic) bond motifs is 1. The Balaban J connectivity index is 1.15. The molecule has 12 nitrogen and oxygen atoms in total. The first-order valence-electron chi connectivity index (χ1n) is 21.8. The van der Waals surface area contributed by atoms with Gasteiger partial charge in [-0.05, 0) is 97.1 Å². The molecule has 3 amide bonds. The van der Waals surface area contributed by atoms with Crippen LogP contribution in [0.2, 0.25) is 0 Å². The largest absolute Gasteiger partial charge is 0.346 e. The lowest BCUT2D eigenvalue weighted by molar-refractivity contribution is -0.147. The van der Waals surface area contributed by atoms with Gasteiger partial charge >= 0.3 is 10.2 Å². The number of amides is 3. The Morgan fingerprint density at radius 3 is 2.16 bits per heavy atom. The number of pyridine rings is 1. The lowest BCUT2D eigenvalue weighted by Gasteiger charge is -2.37. The highest BCUT2D eigenvalue weighted by atomic mass is 32.2. The van der Waals surface area contributed by atoms with Crippen molar-refractivity contribution in [1.29, 1.82) is 0 Å². The zero-order chi connectivity index (χ0) is 41.9. The Morgan fingerprint density at radius 1 is 0.948 bits per heavy atom. The highest BCUT2D eigenvalue weighted by molar-refractivity contribution is 7.87. The average molecular weight is 820 g/mol. The zero-order valence-corrected chi connectivity index (χ0v) is 36.1. The van der Waals surface area contributed by atoms with Gasteiger partial charge in [0.2, 0.25) is 17.7 Å². The second kappa shape index (κ2) is 15.5. The fourth-order valence-corrected chi connectivity index (χ4v) is 13.4. The normalized spacial score (nSPS) is 30.0. The standard InChI is InChI=1S/C45H65N5O7S/c1-7-32-26-43(32,40(55)48-58(56,57)49-22-11-12-23-49)28-36(52)34-27-45(42(5,6)44(45)18-13-19-44)29-50(34)39(54)33(41(2,3)4)25-35(51)38(31-14-9-8-10-15-31)47-37(53)24-30-16-20-46-21-17-30/h7,16-17,20-21,31-34,38H,1,8-15,18-19,22-29H2,2-6H3,(H,47,53)(H,48,55)/t32-,33-,34+,38+,43-,45-/m1/s1. The third-order valence-electron chi connectivity index (χ3n) is 16.1. The van der Waals surface area contributed by atoms with Crippen LogP contribution in [0.5, 0.6) is 0 Å². The van der Waals surface area contributed by atoms with Crippen molar-refractivity contribution in [2.75, 3.05) is 19.6 Å². The molecule has 0 aromatic carbocycles. The summed E-state index contributed by atoms with van der Waals surface area (Å²) in [4.78, 5) is 77.8. The van der Waals surface area contributed by atoms with Gasteiger partial charge < -0.3 is 10.2 Å². The Labute approximate surface area is 345 Å². The first-order valence-corrected chi connectivity index (χ1v) is 23.3. The van der Waals surface area contributed by atoms with E-state index in [1.54, 1.807) is 35.5 Å². The molecule has 6 fully saturated rings. The molecular weight excluding hydrogens is 755 g/mol. The summed E-state index contributed by atoms with van der Waals surface area (Å²) in [6.45, 7) is 15.4. The number of nitrogens with zero attached hydrogens (tertiary/aromatic N) is 3. The number of ketones is 2. The van der Waals surface area contributed by atoms with Gasteiger partial charge in [-0.25, -0.2) is 4.72 Å². The van der Waals surface area contributed by atoms with Crippen molar-refractivity contribution in [2.45, 2.75) is 143 Å². The monoisotopic (exact) mass is 819 g/mol. The van der Waals surface area contributed by atoms with E-state index in [0.717, 1.165) is 69.8 Å². The van der Waals surface area contributed by atoms with Crippen molar-refractivity contribution in [3.8, 4) is 0 Å². The molecule has 2 spiro atoms. The topological polar surface area (TPSA) is 163 Å². The minimum absolute atomic E-state index is 0.0217. The van der Waals surface area contributed by atoms with Gasteiger partial charge in [0.1, 0.15) is 0 Å². The maximum atomic E-state index is 15.3.